The van der Waals surface area contributed by atoms with Gasteiger partial charge in [0.2, 0.25) is 5.95 Å². The molecule has 2 aromatic heterocycles. The molecule has 3 heterocycles. The van der Waals surface area contributed by atoms with E-state index in [1.807, 2.05) is 44.7 Å². The molecule has 1 aliphatic heterocycles. The topological polar surface area (TPSA) is 126 Å². The number of nitrogens with one attached hydrogen (secondary N) is 2. The van der Waals surface area contributed by atoms with Crippen molar-refractivity contribution in [1.29, 1.82) is 0 Å². The SMILES string of the molecule is Cc1c(/C=C/CN2CCN(c3cc(F)cc(F)c3)CC2)cnn1-c1cc(NCCCCCCNC(=O)OC(C)(C)C)nc(N)n1. The smallest absolute Gasteiger partial charge is 0.407 e. The van der Waals surface area contributed by atoms with Crippen LogP contribution in [0.25, 0.3) is 11.9 Å². The zero-order valence-electron chi connectivity index (χ0n) is 26.7. The summed E-state index contributed by atoms with van der Waals surface area (Å²) in [6, 6.07) is 5.48. The van der Waals surface area contributed by atoms with Crippen molar-refractivity contribution in [2.75, 3.05) is 61.8 Å². The number of unbranched alkanes of at least 4 members (excludes halogenated alkanes) is 3. The molecule has 45 heavy (non-hydrogen) atoms. The van der Waals surface area contributed by atoms with Crippen molar-refractivity contribution >= 4 is 29.6 Å². The van der Waals surface area contributed by atoms with Crippen molar-refractivity contribution in [1.82, 2.24) is 30.0 Å². The molecule has 0 atom stereocenters. The third-order valence-electron chi connectivity index (χ3n) is 7.32. The Labute approximate surface area is 263 Å². The number of amides is 1. The molecule has 0 spiro atoms. The quantitative estimate of drug-likeness (QED) is 0.221. The highest BCUT2D eigenvalue weighted by Gasteiger charge is 2.18. The van der Waals surface area contributed by atoms with Crippen molar-refractivity contribution in [3.05, 3.63) is 59.4 Å². The number of hydrogen-bond acceptors (Lipinski definition) is 9. The number of benzene rings is 1. The zero-order valence-corrected chi connectivity index (χ0v) is 26.7. The number of aromatic nitrogens is 4. The second-order valence-electron chi connectivity index (χ2n) is 12.2. The monoisotopic (exact) mass is 625 g/mol. The molecule has 1 amide bonds. The summed E-state index contributed by atoms with van der Waals surface area (Å²) >= 11 is 0. The van der Waals surface area contributed by atoms with Gasteiger partial charge in [0, 0.05) is 69.2 Å². The fourth-order valence-corrected chi connectivity index (χ4v) is 5.03. The summed E-state index contributed by atoms with van der Waals surface area (Å²) in [6.07, 6.45) is 9.38. The van der Waals surface area contributed by atoms with Crippen molar-refractivity contribution in [3.8, 4) is 5.82 Å². The van der Waals surface area contributed by atoms with Crippen LogP contribution < -0.4 is 21.3 Å². The number of nitrogen functional groups attached to an aromatic ring is 1. The van der Waals surface area contributed by atoms with Gasteiger partial charge >= 0.3 is 6.09 Å². The maximum absolute atomic E-state index is 13.6. The second kappa shape index (κ2) is 15.6. The number of rotatable bonds is 13. The second-order valence-corrected chi connectivity index (χ2v) is 12.2. The lowest BCUT2D eigenvalue weighted by atomic mass is 10.2. The van der Waals surface area contributed by atoms with Gasteiger partial charge in [-0.1, -0.05) is 25.0 Å². The highest BCUT2D eigenvalue weighted by atomic mass is 19.1. The van der Waals surface area contributed by atoms with Crippen molar-refractivity contribution in [3.63, 3.8) is 0 Å². The van der Waals surface area contributed by atoms with Crippen LogP contribution in [0.3, 0.4) is 0 Å². The van der Waals surface area contributed by atoms with Crippen LogP contribution in [0.15, 0.2) is 36.5 Å². The lowest BCUT2D eigenvalue weighted by molar-refractivity contribution is 0.0527. The van der Waals surface area contributed by atoms with Gasteiger partial charge in [-0.3, -0.25) is 4.90 Å². The molecule has 0 aliphatic carbocycles. The van der Waals surface area contributed by atoms with E-state index in [-0.39, 0.29) is 12.0 Å². The Morgan fingerprint density at radius 2 is 1.69 bits per heavy atom. The van der Waals surface area contributed by atoms with E-state index < -0.39 is 17.2 Å². The Balaban J connectivity index is 1.20. The molecule has 1 aliphatic rings. The number of nitrogens with zero attached hydrogens (tertiary/aromatic N) is 6. The molecule has 0 saturated carbocycles. The summed E-state index contributed by atoms with van der Waals surface area (Å²) in [6.45, 7) is 12.6. The standard InChI is InChI=1S/C32H45F2N9O2/c1-23-24(10-9-13-41-14-16-42(17-15-41)27-19-25(33)18-26(34)20-27)22-38-43(23)29-21-28(39-30(35)40-29)36-11-7-5-6-8-12-37-31(44)45-32(2,3)4/h9-10,18-22H,5-8,11-17H2,1-4H3,(H,37,44)(H3,35,36,39,40)/b10-9+. The summed E-state index contributed by atoms with van der Waals surface area (Å²) in [5, 5.41) is 10.6. The van der Waals surface area contributed by atoms with E-state index in [9.17, 15) is 13.6 Å². The average molecular weight is 626 g/mol. The number of alkyl carbamates (subject to hydrolysis) is 1. The number of ether oxygens (including phenoxy) is 1. The molecule has 4 N–H and O–H groups in total. The molecule has 1 saturated heterocycles. The molecular weight excluding hydrogens is 580 g/mol. The molecular formula is C32H45F2N9O2. The number of piperazine rings is 1. The minimum absolute atomic E-state index is 0.162. The highest BCUT2D eigenvalue weighted by Crippen LogP contribution is 2.21. The van der Waals surface area contributed by atoms with Crippen molar-refractivity contribution < 1.29 is 18.3 Å². The van der Waals surface area contributed by atoms with E-state index in [1.54, 1.807) is 10.9 Å². The van der Waals surface area contributed by atoms with Gasteiger partial charge in [0.05, 0.1) is 11.9 Å². The molecule has 4 rings (SSSR count). The van der Waals surface area contributed by atoms with E-state index in [2.05, 4.69) is 36.7 Å². The number of halogens is 2. The average Bonchev–Trinajstić information content (AvgIpc) is 3.33. The summed E-state index contributed by atoms with van der Waals surface area (Å²) in [7, 11) is 0. The van der Waals surface area contributed by atoms with Gasteiger partial charge in [-0.2, -0.15) is 15.1 Å². The number of hydrogen-bond donors (Lipinski definition) is 3. The predicted octanol–water partition coefficient (Wildman–Crippen LogP) is 5.16. The number of nitrogens with two attached hydrogens (primary N) is 1. The third-order valence-corrected chi connectivity index (χ3v) is 7.32. The Morgan fingerprint density at radius 3 is 2.38 bits per heavy atom. The summed E-state index contributed by atoms with van der Waals surface area (Å²) in [5.74, 6) is 0.267. The minimum Gasteiger partial charge on any atom is -0.444 e. The maximum atomic E-state index is 13.6. The molecule has 0 radical (unpaired) electrons. The Morgan fingerprint density at radius 1 is 1.00 bits per heavy atom. The Kier molecular flexibility index (Phi) is 11.7. The molecule has 244 valence electrons. The number of anilines is 3. The molecule has 1 fully saturated rings. The van der Waals surface area contributed by atoms with E-state index >= 15 is 0 Å². The molecule has 3 aromatic rings. The summed E-state index contributed by atoms with van der Waals surface area (Å²) in [4.78, 5) is 24.7. The lowest BCUT2D eigenvalue weighted by Crippen LogP contribution is -2.46. The molecule has 13 heteroatoms. The highest BCUT2D eigenvalue weighted by molar-refractivity contribution is 5.67. The van der Waals surface area contributed by atoms with E-state index in [0.717, 1.165) is 69.2 Å². The van der Waals surface area contributed by atoms with Crippen molar-refractivity contribution in [2.45, 2.75) is 59.0 Å². The first-order chi connectivity index (χ1) is 21.5. The molecule has 11 nitrogen and oxygen atoms in total. The van der Waals surface area contributed by atoms with Gasteiger partial charge in [0.15, 0.2) is 5.82 Å². The fraction of sp³-hybridized carbons (Fsp3) is 0.500. The van der Waals surface area contributed by atoms with E-state index in [1.165, 1.54) is 12.1 Å². The first-order valence-electron chi connectivity index (χ1n) is 15.5. The maximum Gasteiger partial charge on any atom is 0.407 e. The van der Waals surface area contributed by atoms with Crippen LogP contribution >= 0.6 is 0 Å². The molecule has 0 bridgehead atoms. The van der Waals surface area contributed by atoms with Crippen LogP contribution in [0.1, 0.15) is 57.7 Å². The van der Waals surface area contributed by atoms with Crippen molar-refractivity contribution in [2.24, 2.45) is 0 Å². The Hall–Kier alpha value is -4.26. The Bertz CT molecular complexity index is 1430. The molecule has 1 aromatic carbocycles. The van der Waals surface area contributed by atoms with Gasteiger partial charge in [-0.15, -0.1) is 0 Å². The lowest BCUT2D eigenvalue weighted by Gasteiger charge is -2.35. The van der Waals surface area contributed by atoms with Gasteiger partial charge in [0.25, 0.3) is 0 Å². The molecule has 0 unspecified atom stereocenters. The van der Waals surface area contributed by atoms with E-state index in [4.69, 9.17) is 10.5 Å². The normalized spacial score (nSPS) is 14.2. The predicted molar refractivity (Wildman–Crippen MR) is 174 cm³/mol. The van der Waals surface area contributed by atoms with Crippen LogP contribution in [0.4, 0.5) is 31.0 Å². The summed E-state index contributed by atoms with van der Waals surface area (Å²) < 4.78 is 34.2. The van der Waals surface area contributed by atoms with Crippen LogP contribution in [0.5, 0.6) is 0 Å². The van der Waals surface area contributed by atoms with E-state index in [0.29, 0.717) is 37.0 Å². The number of carbonyl (C=O) groups is 1. The van der Waals surface area contributed by atoms with Crippen LogP contribution in [-0.4, -0.2) is 82.2 Å². The van der Waals surface area contributed by atoms with Crippen LogP contribution in [0.2, 0.25) is 0 Å². The van der Waals surface area contributed by atoms with Gasteiger partial charge in [-0.25, -0.2) is 18.3 Å². The zero-order chi connectivity index (χ0) is 32.4. The third kappa shape index (κ3) is 10.7. The van der Waals surface area contributed by atoms with Crippen LogP contribution in [-0.2, 0) is 4.74 Å². The fourth-order valence-electron chi connectivity index (χ4n) is 5.03. The largest absolute Gasteiger partial charge is 0.444 e. The van der Waals surface area contributed by atoms with Gasteiger partial charge in [0.1, 0.15) is 23.1 Å². The minimum atomic E-state index is -0.557. The van der Waals surface area contributed by atoms with Gasteiger partial charge < -0.3 is 26.0 Å². The summed E-state index contributed by atoms with van der Waals surface area (Å²) in [5.41, 5.74) is 8.00. The number of carbonyl (C=O) groups excluding carboxylic acids is 1. The first-order valence-corrected chi connectivity index (χ1v) is 15.5. The first kappa shape index (κ1) is 33.6. The van der Waals surface area contributed by atoms with Gasteiger partial charge in [-0.05, 0) is 52.7 Å². The van der Waals surface area contributed by atoms with Crippen LogP contribution in [0, 0.1) is 18.6 Å².